The summed E-state index contributed by atoms with van der Waals surface area (Å²) < 4.78 is 0. The van der Waals surface area contributed by atoms with Crippen LogP contribution in [0.25, 0.3) is 0 Å². The molecular formula is C17H24N2O3. The summed E-state index contributed by atoms with van der Waals surface area (Å²) >= 11 is 0. The Kier molecular flexibility index (Phi) is 5.19. The first-order chi connectivity index (χ1) is 10.4. The molecule has 1 aliphatic heterocycles. The molecule has 0 saturated carbocycles. The minimum absolute atomic E-state index is 0.00405. The van der Waals surface area contributed by atoms with E-state index in [2.05, 4.69) is 0 Å². The van der Waals surface area contributed by atoms with Crippen molar-refractivity contribution < 1.29 is 14.4 Å². The zero-order valence-corrected chi connectivity index (χ0v) is 13.8. The van der Waals surface area contributed by atoms with Gasteiger partial charge in [0.2, 0.25) is 0 Å². The third-order valence-electron chi connectivity index (χ3n) is 4.11. The average Bonchev–Trinajstić information content (AvgIpc) is 2.51. The van der Waals surface area contributed by atoms with E-state index in [4.69, 9.17) is 4.84 Å². The summed E-state index contributed by atoms with van der Waals surface area (Å²) in [6.45, 7) is 5.13. The summed E-state index contributed by atoms with van der Waals surface area (Å²) in [6, 6.07) is 5.86. The van der Waals surface area contributed by atoms with Crippen LogP contribution in [0, 0.1) is 19.8 Å². The first-order valence-electron chi connectivity index (χ1n) is 7.61. The van der Waals surface area contributed by atoms with Gasteiger partial charge in [0.15, 0.2) is 0 Å². The third-order valence-corrected chi connectivity index (χ3v) is 4.11. The molecule has 0 N–H and O–H groups in total. The van der Waals surface area contributed by atoms with Gasteiger partial charge >= 0.3 is 0 Å². The summed E-state index contributed by atoms with van der Waals surface area (Å²) in [6.07, 6.45) is 1.63. The molecule has 0 radical (unpaired) electrons. The van der Waals surface area contributed by atoms with Gasteiger partial charge in [-0.3, -0.25) is 14.4 Å². The molecule has 1 heterocycles. The molecule has 5 heteroatoms. The number of likely N-dealkylation sites (tertiary alicyclic amines) is 1. The standard InChI is InChI=1S/C17H24N2O3/c1-12-8-13(2)10-15(9-12)17(21)19-7-5-6-14(11-19)16(20)18(3)22-4/h8-10,14H,5-7,11H2,1-4H3/t14-/m1/s1. The number of hydrogen-bond acceptors (Lipinski definition) is 3. The molecule has 2 amide bonds. The van der Waals surface area contributed by atoms with Gasteiger partial charge in [-0.25, -0.2) is 5.06 Å². The lowest BCUT2D eigenvalue weighted by molar-refractivity contribution is -0.174. The normalized spacial score (nSPS) is 18.2. The fourth-order valence-electron chi connectivity index (χ4n) is 2.99. The molecule has 1 saturated heterocycles. The molecule has 1 fully saturated rings. The SMILES string of the molecule is CON(C)C(=O)[C@@H]1CCCN(C(=O)c2cc(C)cc(C)c2)C1. The summed E-state index contributed by atoms with van der Waals surface area (Å²) in [4.78, 5) is 31.6. The Hall–Kier alpha value is -1.88. The number of nitrogens with zero attached hydrogens (tertiary/aromatic N) is 2. The predicted molar refractivity (Wildman–Crippen MR) is 84.3 cm³/mol. The highest BCUT2D eigenvalue weighted by molar-refractivity contribution is 5.95. The lowest BCUT2D eigenvalue weighted by Crippen LogP contribution is -2.45. The van der Waals surface area contributed by atoms with Crippen LogP contribution in [0.15, 0.2) is 18.2 Å². The number of piperidine rings is 1. The quantitative estimate of drug-likeness (QED) is 0.804. The molecule has 0 bridgehead atoms. The number of carbonyl (C=O) groups excluding carboxylic acids is 2. The maximum Gasteiger partial charge on any atom is 0.253 e. The second kappa shape index (κ2) is 6.92. The fraction of sp³-hybridized carbons (Fsp3) is 0.529. The van der Waals surface area contributed by atoms with Gasteiger partial charge in [0, 0.05) is 25.7 Å². The van der Waals surface area contributed by atoms with E-state index in [9.17, 15) is 9.59 Å². The van der Waals surface area contributed by atoms with E-state index in [1.54, 1.807) is 11.9 Å². The van der Waals surface area contributed by atoms with E-state index in [-0.39, 0.29) is 17.7 Å². The van der Waals surface area contributed by atoms with E-state index in [0.717, 1.165) is 24.0 Å². The Morgan fingerprint density at radius 3 is 2.45 bits per heavy atom. The monoisotopic (exact) mass is 304 g/mol. The molecule has 0 spiro atoms. The van der Waals surface area contributed by atoms with E-state index in [0.29, 0.717) is 18.7 Å². The van der Waals surface area contributed by atoms with E-state index >= 15 is 0 Å². The van der Waals surface area contributed by atoms with Crippen molar-refractivity contribution in [2.45, 2.75) is 26.7 Å². The van der Waals surface area contributed by atoms with Crippen LogP contribution in [-0.4, -0.2) is 49.0 Å². The molecule has 1 aromatic rings. The van der Waals surface area contributed by atoms with Crippen LogP contribution < -0.4 is 0 Å². The number of amides is 2. The van der Waals surface area contributed by atoms with Crippen molar-refractivity contribution in [1.29, 1.82) is 0 Å². The summed E-state index contributed by atoms with van der Waals surface area (Å²) in [5.41, 5.74) is 2.85. The van der Waals surface area contributed by atoms with Crippen molar-refractivity contribution in [2.24, 2.45) is 5.92 Å². The van der Waals surface area contributed by atoms with E-state index < -0.39 is 0 Å². The minimum atomic E-state index is -0.187. The Balaban J connectivity index is 2.11. The van der Waals surface area contributed by atoms with Gasteiger partial charge in [0.25, 0.3) is 11.8 Å². The van der Waals surface area contributed by atoms with Crippen molar-refractivity contribution in [2.75, 3.05) is 27.2 Å². The molecule has 1 aromatic carbocycles. The largest absolute Gasteiger partial charge is 0.338 e. The topological polar surface area (TPSA) is 49.9 Å². The zero-order valence-electron chi connectivity index (χ0n) is 13.8. The van der Waals surface area contributed by atoms with Gasteiger partial charge in [-0.05, 0) is 38.8 Å². The van der Waals surface area contributed by atoms with Gasteiger partial charge in [0.05, 0.1) is 13.0 Å². The van der Waals surface area contributed by atoms with E-state index in [1.807, 2.05) is 32.0 Å². The van der Waals surface area contributed by atoms with Crippen LogP contribution in [-0.2, 0) is 9.63 Å². The molecular weight excluding hydrogens is 280 g/mol. The second-order valence-corrected chi connectivity index (χ2v) is 5.98. The predicted octanol–water partition coefficient (Wildman–Crippen LogP) is 2.18. The van der Waals surface area contributed by atoms with Crippen molar-refractivity contribution >= 4 is 11.8 Å². The van der Waals surface area contributed by atoms with Gasteiger partial charge in [0.1, 0.15) is 0 Å². The number of hydroxylamine groups is 2. The van der Waals surface area contributed by atoms with Crippen molar-refractivity contribution in [3.8, 4) is 0 Å². The van der Waals surface area contributed by atoms with Crippen LogP contribution in [0.1, 0.15) is 34.3 Å². The lowest BCUT2D eigenvalue weighted by atomic mass is 9.96. The third kappa shape index (κ3) is 3.65. The van der Waals surface area contributed by atoms with Gasteiger partial charge in [-0.15, -0.1) is 0 Å². The number of carbonyl (C=O) groups is 2. The lowest BCUT2D eigenvalue weighted by Gasteiger charge is -2.33. The molecule has 1 atom stereocenters. The Morgan fingerprint density at radius 2 is 1.86 bits per heavy atom. The Labute approximate surface area is 131 Å². The second-order valence-electron chi connectivity index (χ2n) is 5.98. The molecule has 120 valence electrons. The first kappa shape index (κ1) is 16.5. The number of benzene rings is 1. The van der Waals surface area contributed by atoms with Crippen molar-refractivity contribution in [3.05, 3.63) is 34.9 Å². The molecule has 0 aliphatic carbocycles. The molecule has 2 rings (SSSR count). The van der Waals surface area contributed by atoms with Gasteiger partial charge in [-0.2, -0.15) is 0 Å². The highest BCUT2D eigenvalue weighted by atomic mass is 16.7. The van der Waals surface area contributed by atoms with E-state index in [1.165, 1.54) is 12.2 Å². The Bertz CT molecular complexity index is 551. The van der Waals surface area contributed by atoms with Crippen molar-refractivity contribution in [1.82, 2.24) is 9.96 Å². The van der Waals surface area contributed by atoms with Crippen LogP contribution in [0.2, 0.25) is 0 Å². The van der Waals surface area contributed by atoms with Crippen LogP contribution >= 0.6 is 0 Å². The Morgan fingerprint density at radius 1 is 1.23 bits per heavy atom. The average molecular weight is 304 g/mol. The summed E-state index contributed by atoms with van der Waals surface area (Å²) in [7, 11) is 3.08. The first-order valence-corrected chi connectivity index (χ1v) is 7.61. The maximum absolute atomic E-state index is 12.7. The van der Waals surface area contributed by atoms with Crippen LogP contribution in [0.5, 0.6) is 0 Å². The summed E-state index contributed by atoms with van der Waals surface area (Å²) in [5, 5.41) is 1.25. The number of hydrogen-bond donors (Lipinski definition) is 0. The molecule has 22 heavy (non-hydrogen) atoms. The molecule has 5 nitrogen and oxygen atoms in total. The van der Waals surface area contributed by atoms with Crippen LogP contribution in [0.4, 0.5) is 0 Å². The fourth-order valence-corrected chi connectivity index (χ4v) is 2.99. The number of rotatable bonds is 3. The zero-order chi connectivity index (χ0) is 16.3. The van der Waals surface area contributed by atoms with Gasteiger partial charge < -0.3 is 4.90 Å². The highest BCUT2D eigenvalue weighted by Crippen LogP contribution is 2.21. The highest BCUT2D eigenvalue weighted by Gasteiger charge is 2.30. The molecule has 0 aromatic heterocycles. The molecule has 1 aliphatic rings. The summed E-state index contributed by atoms with van der Waals surface area (Å²) in [5.74, 6) is -0.252. The minimum Gasteiger partial charge on any atom is -0.338 e. The maximum atomic E-state index is 12.7. The van der Waals surface area contributed by atoms with Gasteiger partial charge in [-0.1, -0.05) is 17.2 Å². The number of aryl methyl sites for hydroxylation is 2. The molecule has 0 unspecified atom stereocenters. The van der Waals surface area contributed by atoms with Crippen molar-refractivity contribution in [3.63, 3.8) is 0 Å². The smallest absolute Gasteiger partial charge is 0.253 e. The van der Waals surface area contributed by atoms with Crippen LogP contribution in [0.3, 0.4) is 0 Å².